The van der Waals surface area contributed by atoms with Crippen molar-refractivity contribution in [2.24, 2.45) is 0 Å². The Morgan fingerprint density at radius 3 is 2.94 bits per heavy atom. The highest BCUT2D eigenvalue weighted by Gasteiger charge is 2.06. The van der Waals surface area contributed by atoms with E-state index in [9.17, 15) is 4.79 Å². The molecule has 0 atom stereocenters. The summed E-state index contributed by atoms with van der Waals surface area (Å²) in [6.07, 6.45) is 3.10. The van der Waals surface area contributed by atoms with Crippen molar-refractivity contribution in [2.75, 3.05) is 5.32 Å². The molecule has 2 N–H and O–H groups in total. The van der Waals surface area contributed by atoms with Crippen LogP contribution in [0.25, 0.3) is 0 Å². The van der Waals surface area contributed by atoms with Gasteiger partial charge in [-0.3, -0.25) is 4.79 Å². The predicted molar refractivity (Wildman–Crippen MR) is 66.5 cm³/mol. The third-order valence-electron chi connectivity index (χ3n) is 2.05. The number of hydrogen-bond donors (Lipinski definition) is 2. The van der Waals surface area contributed by atoms with Gasteiger partial charge < -0.3 is 10.4 Å². The van der Waals surface area contributed by atoms with E-state index in [1.807, 2.05) is 0 Å². The quantitative estimate of drug-likeness (QED) is 0.861. The van der Waals surface area contributed by atoms with Crippen molar-refractivity contribution in [3.8, 4) is 0 Å². The summed E-state index contributed by atoms with van der Waals surface area (Å²) in [6.45, 7) is -0.180. The number of aromatic nitrogens is 4. The number of pyridine rings is 1. The number of aliphatic hydroxyl groups is 1. The summed E-state index contributed by atoms with van der Waals surface area (Å²) in [5.41, 5.74) is 0.421. The molecule has 2 heterocycles. The Morgan fingerprint density at radius 2 is 2.33 bits per heavy atom. The van der Waals surface area contributed by atoms with Gasteiger partial charge >= 0.3 is 0 Å². The lowest BCUT2D eigenvalue weighted by atomic mass is 10.4. The molecule has 0 aliphatic rings. The number of carbonyl (C=O) groups is 1. The number of nitrogens with zero attached hydrogens (tertiary/aromatic N) is 4. The number of hydrogen-bond acceptors (Lipinski definition) is 5. The first-order chi connectivity index (χ1) is 8.67. The maximum absolute atomic E-state index is 11.7. The molecule has 94 valence electrons. The summed E-state index contributed by atoms with van der Waals surface area (Å²) in [4.78, 5) is 15.7. The van der Waals surface area contributed by atoms with E-state index < -0.39 is 0 Å². The monoisotopic (exact) mass is 311 g/mol. The molecule has 2 aromatic rings. The fraction of sp³-hybridized carbons (Fsp3) is 0.200. The van der Waals surface area contributed by atoms with Crippen molar-refractivity contribution in [3.63, 3.8) is 0 Å². The van der Waals surface area contributed by atoms with Crippen LogP contribution in [0.2, 0.25) is 0 Å². The predicted octanol–water partition coefficient (Wildman–Crippen LogP) is 0.567. The molecule has 18 heavy (non-hydrogen) atoms. The average Bonchev–Trinajstić information content (AvgIpc) is 2.79. The number of anilines is 1. The van der Waals surface area contributed by atoms with Crippen LogP contribution in [0.4, 0.5) is 5.82 Å². The minimum Gasteiger partial charge on any atom is -0.390 e. The lowest BCUT2D eigenvalue weighted by Crippen LogP contribution is -2.19. The van der Waals surface area contributed by atoms with Gasteiger partial charge in [-0.2, -0.15) is 0 Å². The first-order valence-corrected chi connectivity index (χ1v) is 5.88. The molecule has 0 fully saturated rings. The second-order valence-corrected chi connectivity index (χ2v) is 4.39. The highest BCUT2D eigenvalue weighted by molar-refractivity contribution is 9.10. The SMILES string of the molecule is O=C(Cn1cc(CO)nn1)Nc1ccc(Br)cn1. The van der Waals surface area contributed by atoms with E-state index in [-0.39, 0.29) is 19.1 Å². The molecule has 2 aromatic heterocycles. The average molecular weight is 312 g/mol. The summed E-state index contributed by atoms with van der Waals surface area (Å²) >= 11 is 3.25. The van der Waals surface area contributed by atoms with Crippen LogP contribution in [0.15, 0.2) is 29.0 Å². The number of aliphatic hydroxyl groups excluding tert-OH is 1. The van der Waals surface area contributed by atoms with E-state index in [0.717, 1.165) is 4.47 Å². The molecular weight excluding hydrogens is 302 g/mol. The summed E-state index contributed by atoms with van der Waals surface area (Å²) in [7, 11) is 0. The number of amides is 1. The standard InChI is InChI=1S/C10H10BrN5O2/c11-7-1-2-9(12-3-7)13-10(18)5-16-4-8(6-17)14-15-16/h1-4,17H,5-6H2,(H,12,13,18). The maximum Gasteiger partial charge on any atom is 0.247 e. The Morgan fingerprint density at radius 1 is 1.50 bits per heavy atom. The Kier molecular flexibility index (Phi) is 4.00. The molecule has 7 nitrogen and oxygen atoms in total. The molecule has 0 bridgehead atoms. The van der Waals surface area contributed by atoms with Gasteiger partial charge in [0.2, 0.25) is 5.91 Å². The van der Waals surface area contributed by atoms with Gasteiger partial charge in [0.25, 0.3) is 0 Å². The molecule has 0 aromatic carbocycles. The van der Waals surface area contributed by atoms with Crippen LogP contribution in [-0.2, 0) is 17.9 Å². The van der Waals surface area contributed by atoms with E-state index in [2.05, 4.69) is 36.5 Å². The molecule has 0 saturated carbocycles. The van der Waals surface area contributed by atoms with E-state index in [4.69, 9.17) is 5.11 Å². The second-order valence-electron chi connectivity index (χ2n) is 3.48. The number of nitrogens with one attached hydrogen (secondary N) is 1. The molecule has 0 saturated heterocycles. The molecule has 1 amide bonds. The highest BCUT2D eigenvalue weighted by Crippen LogP contribution is 2.10. The Bertz CT molecular complexity index is 539. The van der Waals surface area contributed by atoms with Crippen LogP contribution >= 0.6 is 15.9 Å². The smallest absolute Gasteiger partial charge is 0.247 e. The zero-order valence-corrected chi connectivity index (χ0v) is 10.8. The van der Waals surface area contributed by atoms with Crippen molar-refractivity contribution in [1.82, 2.24) is 20.0 Å². The highest BCUT2D eigenvalue weighted by atomic mass is 79.9. The number of carbonyl (C=O) groups excluding carboxylic acids is 1. The lowest BCUT2D eigenvalue weighted by molar-refractivity contribution is -0.116. The fourth-order valence-corrected chi connectivity index (χ4v) is 1.50. The lowest BCUT2D eigenvalue weighted by Gasteiger charge is -2.03. The Labute approximate surface area is 111 Å². The normalized spacial score (nSPS) is 10.3. The van der Waals surface area contributed by atoms with Crippen LogP contribution < -0.4 is 5.32 Å². The fourth-order valence-electron chi connectivity index (χ4n) is 1.27. The second kappa shape index (κ2) is 5.69. The van der Waals surface area contributed by atoms with E-state index >= 15 is 0 Å². The minimum absolute atomic E-state index is 0.0186. The molecule has 0 aliphatic carbocycles. The van der Waals surface area contributed by atoms with Gasteiger partial charge in [-0.05, 0) is 28.1 Å². The first-order valence-electron chi connectivity index (χ1n) is 5.08. The van der Waals surface area contributed by atoms with Gasteiger partial charge in [-0.1, -0.05) is 5.21 Å². The van der Waals surface area contributed by atoms with Gasteiger partial charge in [0, 0.05) is 10.7 Å². The zero-order chi connectivity index (χ0) is 13.0. The molecule has 8 heteroatoms. The van der Waals surface area contributed by atoms with Crippen LogP contribution in [0.5, 0.6) is 0 Å². The first kappa shape index (κ1) is 12.7. The molecule has 2 rings (SSSR count). The largest absolute Gasteiger partial charge is 0.390 e. The zero-order valence-electron chi connectivity index (χ0n) is 9.25. The third-order valence-corrected chi connectivity index (χ3v) is 2.52. The number of halogens is 1. The molecule has 0 unspecified atom stereocenters. The van der Waals surface area contributed by atoms with Crippen molar-refractivity contribution < 1.29 is 9.90 Å². The van der Waals surface area contributed by atoms with Gasteiger partial charge in [0.1, 0.15) is 18.1 Å². The summed E-state index contributed by atoms with van der Waals surface area (Å²) in [5, 5.41) is 18.8. The van der Waals surface area contributed by atoms with E-state index in [0.29, 0.717) is 11.5 Å². The van der Waals surface area contributed by atoms with E-state index in [1.54, 1.807) is 18.3 Å². The summed E-state index contributed by atoms with van der Waals surface area (Å²) in [6, 6.07) is 3.46. The number of rotatable bonds is 4. The van der Waals surface area contributed by atoms with Gasteiger partial charge in [0.15, 0.2) is 0 Å². The van der Waals surface area contributed by atoms with Crippen molar-refractivity contribution in [3.05, 3.63) is 34.7 Å². The maximum atomic E-state index is 11.7. The topological polar surface area (TPSA) is 92.9 Å². The Hall–Kier alpha value is -1.80. The molecule has 0 aliphatic heterocycles. The van der Waals surface area contributed by atoms with Crippen molar-refractivity contribution in [2.45, 2.75) is 13.2 Å². The van der Waals surface area contributed by atoms with Crippen LogP contribution in [0, 0.1) is 0 Å². The van der Waals surface area contributed by atoms with Crippen LogP contribution in [0.1, 0.15) is 5.69 Å². The summed E-state index contributed by atoms with van der Waals surface area (Å²) < 4.78 is 2.18. The third kappa shape index (κ3) is 3.34. The summed E-state index contributed by atoms with van der Waals surface area (Å²) in [5.74, 6) is 0.199. The van der Waals surface area contributed by atoms with Gasteiger partial charge in [-0.25, -0.2) is 9.67 Å². The van der Waals surface area contributed by atoms with E-state index in [1.165, 1.54) is 10.9 Å². The van der Waals surface area contributed by atoms with Crippen molar-refractivity contribution in [1.29, 1.82) is 0 Å². The minimum atomic E-state index is -0.265. The van der Waals surface area contributed by atoms with Crippen molar-refractivity contribution >= 4 is 27.7 Å². The molecule has 0 spiro atoms. The van der Waals surface area contributed by atoms with Gasteiger partial charge in [-0.15, -0.1) is 5.10 Å². The van der Waals surface area contributed by atoms with Gasteiger partial charge in [0.05, 0.1) is 12.8 Å². The molecule has 0 radical (unpaired) electrons. The Balaban J connectivity index is 1.94. The van der Waals surface area contributed by atoms with Crippen LogP contribution in [-0.4, -0.2) is 31.0 Å². The molecular formula is C10H10BrN5O2. The van der Waals surface area contributed by atoms with Crippen LogP contribution in [0.3, 0.4) is 0 Å².